The van der Waals surface area contributed by atoms with Gasteiger partial charge in [-0.25, -0.2) is 0 Å². The number of rotatable bonds is 9. The molecule has 0 aromatic carbocycles. The monoisotopic (exact) mass is 388 g/mol. The Morgan fingerprint density at radius 3 is 2.00 bits per heavy atom. The summed E-state index contributed by atoms with van der Waals surface area (Å²) < 4.78 is 0. The van der Waals surface area contributed by atoms with Crippen molar-refractivity contribution in [1.82, 2.24) is 9.97 Å². The summed E-state index contributed by atoms with van der Waals surface area (Å²) in [5.74, 6) is 0.626. The van der Waals surface area contributed by atoms with E-state index in [1.165, 1.54) is 12.1 Å². The third-order valence-electron chi connectivity index (χ3n) is 5.10. The van der Waals surface area contributed by atoms with Crippen LogP contribution < -0.4 is 22.3 Å². The molecule has 0 aliphatic rings. The molecular formula is C18H26B2N2O6. The molecule has 0 aliphatic carbocycles. The lowest BCUT2D eigenvalue weighted by Gasteiger charge is -2.21. The molecule has 150 valence electrons. The summed E-state index contributed by atoms with van der Waals surface area (Å²) in [6, 6.07) is 6.06. The summed E-state index contributed by atoms with van der Waals surface area (Å²) in [6.45, 7) is 4.18. The van der Waals surface area contributed by atoms with Crippen LogP contribution in [-0.4, -0.2) is 44.3 Å². The molecule has 0 amide bonds. The van der Waals surface area contributed by atoms with Crippen LogP contribution in [0.3, 0.4) is 0 Å². The molecule has 2 rings (SSSR count). The minimum Gasteiger partial charge on any atom is -0.422 e. The number of aromatic nitrogens is 2. The van der Waals surface area contributed by atoms with Crippen LogP contribution in [0.2, 0.25) is 0 Å². The maximum Gasteiger partial charge on any atom is 0.506 e. The molecule has 2 aromatic rings. The molecule has 6 N–H and O–H groups in total. The second kappa shape index (κ2) is 9.88. The van der Waals surface area contributed by atoms with E-state index in [0.29, 0.717) is 29.9 Å². The van der Waals surface area contributed by atoms with E-state index < -0.39 is 14.2 Å². The first-order valence-electron chi connectivity index (χ1n) is 9.35. The van der Waals surface area contributed by atoms with E-state index in [0.717, 1.165) is 12.8 Å². The number of hydrogen-bond acceptors (Lipinski definition) is 6. The quantitative estimate of drug-likeness (QED) is 0.281. The van der Waals surface area contributed by atoms with E-state index in [9.17, 15) is 19.6 Å². The molecule has 28 heavy (non-hydrogen) atoms. The number of H-pyrrole nitrogens is 2. The van der Waals surface area contributed by atoms with Gasteiger partial charge in [-0.05, 0) is 49.1 Å². The van der Waals surface area contributed by atoms with Gasteiger partial charge < -0.3 is 30.1 Å². The van der Waals surface area contributed by atoms with Crippen molar-refractivity contribution in [1.29, 1.82) is 0 Å². The van der Waals surface area contributed by atoms with Crippen molar-refractivity contribution >= 4 is 25.4 Å². The minimum absolute atomic E-state index is 0.0577. The topological polar surface area (TPSA) is 147 Å². The molecule has 0 radical (unpaired) electrons. The van der Waals surface area contributed by atoms with E-state index in [1.807, 2.05) is 0 Å². The van der Waals surface area contributed by atoms with Crippen LogP contribution in [0, 0.1) is 11.8 Å². The Morgan fingerprint density at radius 1 is 0.857 bits per heavy atom. The highest BCUT2D eigenvalue weighted by Gasteiger charge is 2.20. The van der Waals surface area contributed by atoms with Crippen molar-refractivity contribution in [2.75, 3.05) is 0 Å². The molecule has 0 aliphatic heterocycles. The van der Waals surface area contributed by atoms with Crippen LogP contribution in [0.25, 0.3) is 0 Å². The molecule has 2 aromatic heterocycles. The van der Waals surface area contributed by atoms with Crippen molar-refractivity contribution in [3.05, 3.63) is 56.1 Å². The van der Waals surface area contributed by atoms with Gasteiger partial charge in [0.1, 0.15) is 0 Å². The number of hydrogen-bond donors (Lipinski definition) is 6. The van der Waals surface area contributed by atoms with E-state index in [1.54, 1.807) is 12.1 Å². The SMILES string of the molecule is CC(C)C(CCc1ccc(=O)[nH]c1B(O)O)CCc1ccc(B(O)O)[nH]c1=O. The Balaban J connectivity index is 2.05. The molecule has 1 atom stereocenters. The number of pyridine rings is 2. The smallest absolute Gasteiger partial charge is 0.422 e. The van der Waals surface area contributed by atoms with Gasteiger partial charge in [0.25, 0.3) is 5.56 Å². The van der Waals surface area contributed by atoms with Crippen molar-refractivity contribution in [3.63, 3.8) is 0 Å². The summed E-state index contributed by atoms with van der Waals surface area (Å²) >= 11 is 0. The zero-order valence-corrected chi connectivity index (χ0v) is 16.1. The van der Waals surface area contributed by atoms with Crippen molar-refractivity contribution in [2.24, 2.45) is 11.8 Å². The normalized spacial score (nSPS) is 12.2. The van der Waals surface area contributed by atoms with Crippen LogP contribution in [0.5, 0.6) is 0 Å². The second-order valence-corrected chi connectivity index (χ2v) is 7.36. The van der Waals surface area contributed by atoms with Gasteiger partial charge in [-0.15, -0.1) is 0 Å². The van der Waals surface area contributed by atoms with E-state index in [-0.39, 0.29) is 28.2 Å². The van der Waals surface area contributed by atoms with Gasteiger partial charge in [-0.3, -0.25) is 9.59 Å². The van der Waals surface area contributed by atoms with Crippen LogP contribution in [0.15, 0.2) is 33.9 Å². The van der Waals surface area contributed by atoms with Gasteiger partial charge in [0, 0.05) is 17.2 Å². The number of aryl methyl sites for hydroxylation is 2. The number of nitrogens with one attached hydrogen (secondary N) is 2. The third-order valence-corrected chi connectivity index (χ3v) is 5.10. The molecule has 10 heteroatoms. The molecule has 8 nitrogen and oxygen atoms in total. The van der Waals surface area contributed by atoms with Crippen LogP contribution in [0.4, 0.5) is 0 Å². The van der Waals surface area contributed by atoms with Gasteiger partial charge in [0.05, 0.1) is 5.59 Å². The lowest BCUT2D eigenvalue weighted by atomic mass is 9.79. The van der Waals surface area contributed by atoms with Crippen molar-refractivity contribution in [2.45, 2.75) is 39.5 Å². The van der Waals surface area contributed by atoms with Crippen LogP contribution in [0.1, 0.15) is 37.8 Å². The van der Waals surface area contributed by atoms with Gasteiger partial charge in [0.15, 0.2) is 0 Å². The van der Waals surface area contributed by atoms with E-state index in [4.69, 9.17) is 10.0 Å². The first-order chi connectivity index (χ1) is 13.2. The molecule has 1 unspecified atom stereocenters. The van der Waals surface area contributed by atoms with Gasteiger partial charge >= 0.3 is 14.2 Å². The zero-order valence-electron chi connectivity index (χ0n) is 16.1. The predicted octanol–water partition coefficient (Wildman–Crippen LogP) is -1.74. The standard InChI is InChI=1S/C18H26B2N2O6/c1-11(2)12(3-5-13-8-10-16(23)22-17(13)20(27)28)4-6-14-7-9-15(19(25)26)21-18(14)24/h7-12,25-28H,3-6H2,1-2H3,(H,21,24)(H,22,23). The van der Waals surface area contributed by atoms with Gasteiger partial charge in [0.2, 0.25) is 5.56 Å². The highest BCUT2D eigenvalue weighted by atomic mass is 16.4. The molecular weight excluding hydrogens is 362 g/mol. The molecule has 0 fully saturated rings. The molecule has 0 bridgehead atoms. The first kappa shape index (κ1) is 22.2. The maximum absolute atomic E-state index is 12.1. The average Bonchev–Trinajstić information content (AvgIpc) is 2.62. The lowest BCUT2D eigenvalue weighted by molar-refractivity contribution is 0.336. The zero-order chi connectivity index (χ0) is 20.8. The predicted molar refractivity (Wildman–Crippen MR) is 109 cm³/mol. The maximum atomic E-state index is 12.1. The highest BCUT2D eigenvalue weighted by Crippen LogP contribution is 2.22. The van der Waals surface area contributed by atoms with Gasteiger partial charge in [-0.1, -0.05) is 26.0 Å². The largest absolute Gasteiger partial charge is 0.506 e. The average molecular weight is 388 g/mol. The first-order valence-corrected chi connectivity index (χ1v) is 9.35. The Morgan fingerprint density at radius 2 is 1.46 bits per heavy atom. The van der Waals surface area contributed by atoms with Crippen molar-refractivity contribution in [3.8, 4) is 0 Å². The van der Waals surface area contributed by atoms with Crippen LogP contribution >= 0.6 is 0 Å². The number of aromatic amines is 2. The molecule has 0 saturated carbocycles. The van der Waals surface area contributed by atoms with Gasteiger partial charge in [-0.2, -0.15) is 0 Å². The summed E-state index contributed by atoms with van der Waals surface area (Å²) in [7, 11) is -3.45. The second-order valence-electron chi connectivity index (χ2n) is 7.36. The van der Waals surface area contributed by atoms with Crippen LogP contribution in [-0.2, 0) is 12.8 Å². The summed E-state index contributed by atoms with van der Waals surface area (Å²) in [5, 5.41) is 37.1. The molecule has 2 heterocycles. The Labute approximate surface area is 163 Å². The Hall–Kier alpha value is -2.13. The summed E-state index contributed by atoms with van der Waals surface area (Å²) in [4.78, 5) is 28.4. The molecule has 0 saturated heterocycles. The summed E-state index contributed by atoms with van der Waals surface area (Å²) in [6.07, 6.45) is 2.62. The summed E-state index contributed by atoms with van der Waals surface area (Å²) in [5.41, 5.74) is 0.708. The fourth-order valence-electron chi connectivity index (χ4n) is 3.33. The third kappa shape index (κ3) is 5.93. The van der Waals surface area contributed by atoms with E-state index in [2.05, 4.69) is 23.8 Å². The highest BCUT2D eigenvalue weighted by molar-refractivity contribution is 6.58. The minimum atomic E-state index is -1.74. The Bertz CT molecular complexity index is 894. The lowest BCUT2D eigenvalue weighted by Crippen LogP contribution is -2.39. The fraction of sp³-hybridized carbons (Fsp3) is 0.444. The molecule has 0 spiro atoms. The Kier molecular flexibility index (Phi) is 7.82. The van der Waals surface area contributed by atoms with Crippen molar-refractivity contribution < 1.29 is 20.1 Å². The fourth-order valence-corrected chi connectivity index (χ4v) is 3.33. The van der Waals surface area contributed by atoms with E-state index >= 15 is 0 Å².